The Hall–Kier alpha value is -1.72. The molecule has 0 spiro atoms. The van der Waals surface area contributed by atoms with Gasteiger partial charge in [-0.1, -0.05) is 6.07 Å². The third-order valence-electron chi connectivity index (χ3n) is 2.98. The number of hydrogen-bond acceptors (Lipinski definition) is 5. The summed E-state index contributed by atoms with van der Waals surface area (Å²) in [4.78, 5) is 19.0. The zero-order valence-corrected chi connectivity index (χ0v) is 12.2. The van der Waals surface area contributed by atoms with Crippen molar-refractivity contribution < 1.29 is 4.79 Å². The SMILES string of the molecule is Cc1cc(C)c2c(N)c(C(=O)c3cccs3)sc2n1. The fourth-order valence-corrected chi connectivity index (χ4v) is 4.06. The van der Waals surface area contributed by atoms with Crippen LogP contribution in [0.25, 0.3) is 10.2 Å². The molecule has 0 aliphatic heterocycles. The summed E-state index contributed by atoms with van der Waals surface area (Å²) in [6.07, 6.45) is 0. The van der Waals surface area contributed by atoms with Crippen LogP contribution in [0, 0.1) is 13.8 Å². The smallest absolute Gasteiger partial charge is 0.215 e. The summed E-state index contributed by atoms with van der Waals surface area (Å²) in [6, 6.07) is 5.68. The lowest BCUT2D eigenvalue weighted by atomic mass is 10.1. The minimum absolute atomic E-state index is 0.00690. The number of ketones is 1. The van der Waals surface area contributed by atoms with Gasteiger partial charge in [0.2, 0.25) is 5.78 Å². The number of pyridine rings is 1. The zero-order chi connectivity index (χ0) is 13.6. The monoisotopic (exact) mass is 288 g/mol. The Labute approximate surface area is 118 Å². The second-order valence-corrected chi connectivity index (χ2v) is 6.36. The summed E-state index contributed by atoms with van der Waals surface area (Å²) in [7, 11) is 0. The normalized spacial score (nSPS) is 11.1. The largest absolute Gasteiger partial charge is 0.397 e. The minimum atomic E-state index is -0.00690. The van der Waals surface area contributed by atoms with Gasteiger partial charge in [0.1, 0.15) is 9.71 Å². The summed E-state index contributed by atoms with van der Waals surface area (Å²) in [5, 5.41) is 2.81. The number of carbonyl (C=O) groups is 1. The molecule has 0 aromatic carbocycles. The first kappa shape index (κ1) is 12.3. The Bertz CT molecular complexity index is 772. The Morgan fingerprint density at radius 1 is 1.37 bits per heavy atom. The lowest BCUT2D eigenvalue weighted by Gasteiger charge is -1.99. The Morgan fingerprint density at radius 2 is 2.16 bits per heavy atom. The Balaban J connectivity index is 2.23. The number of fused-ring (bicyclic) bond motifs is 1. The number of carbonyl (C=O) groups excluding carboxylic acids is 1. The molecule has 3 rings (SSSR count). The number of hydrogen-bond donors (Lipinski definition) is 1. The second-order valence-electron chi connectivity index (χ2n) is 4.41. The van der Waals surface area contributed by atoms with E-state index in [9.17, 15) is 4.79 Å². The average Bonchev–Trinajstić information content (AvgIpc) is 2.96. The molecule has 0 aliphatic rings. The number of nitrogens with zero attached hydrogens (tertiary/aromatic N) is 1. The molecule has 3 heterocycles. The van der Waals surface area contributed by atoms with Gasteiger partial charge in [-0.05, 0) is 36.9 Å². The quantitative estimate of drug-likeness (QED) is 0.730. The van der Waals surface area contributed by atoms with Crippen molar-refractivity contribution in [2.24, 2.45) is 0 Å². The lowest BCUT2D eigenvalue weighted by molar-refractivity contribution is 0.104. The first-order valence-corrected chi connectivity index (χ1v) is 7.52. The predicted molar refractivity (Wildman–Crippen MR) is 81.3 cm³/mol. The fraction of sp³-hybridized carbons (Fsp3) is 0.143. The maximum Gasteiger partial charge on any atom is 0.215 e. The first-order chi connectivity index (χ1) is 9.08. The first-order valence-electron chi connectivity index (χ1n) is 5.82. The molecule has 0 radical (unpaired) electrons. The zero-order valence-electron chi connectivity index (χ0n) is 10.6. The van der Waals surface area contributed by atoms with E-state index in [0.29, 0.717) is 15.4 Å². The van der Waals surface area contributed by atoms with Gasteiger partial charge < -0.3 is 5.73 Å². The standard InChI is InChI=1S/C14H12N2OS2/c1-7-6-8(2)16-14-10(7)11(15)13(19-14)12(17)9-4-3-5-18-9/h3-6H,15H2,1-2H3. The molecule has 96 valence electrons. The van der Waals surface area contributed by atoms with Crippen LogP contribution >= 0.6 is 22.7 Å². The van der Waals surface area contributed by atoms with Gasteiger partial charge >= 0.3 is 0 Å². The van der Waals surface area contributed by atoms with Crippen molar-refractivity contribution in [1.29, 1.82) is 0 Å². The van der Waals surface area contributed by atoms with Crippen LogP contribution < -0.4 is 5.73 Å². The number of aromatic nitrogens is 1. The minimum Gasteiger partial charge on any atom is -0.397 e. The number of nitrogen functional groups attached to an aromatic ring is 1. The summed E-state index contributed by atoms with van der Waals surface area (Å²) >= 11 is 2.81. The second kappa shape index (κ2) is 4.43. The molecule has 3 aromatic rings. The predicted octanol–water partition coefficient (Wildman–Crippen LogP) is 3.79. The van der Waals surface area contributed by atoms with E-state index in [-0.39, 0.29) is 5.78 Å². The number of anilines is 1. The highest BCUT2D eigenvalue weighted by molar-refractivity contribution is 7.22. The molecule has 0 fully saturated rings. The highest BCUT2D eigenvalue weighted by Crippen LogP contribution is 2.36. The van der Waals surface area contributed by atoms with E-state index < -0.39 is 0 Å². The molecule has 5 heteroatoms. The molecule has 0 amide bonds. The van der Waals surface area contributed by atoms with Crippen molar-refractivity contribution in [3.8, 4) is 0 Å². The molecule has 0 bridgehead atoms. The van der Waals surface area contributed by atoms with Crippen LogP contribution in [0.5, 0.6) is 0 Å². The van der Waals surface area contributed by atoms with Gasteiger partial charge in [0.15, 0.2) is 0 Å². The number of nitrogens with two attached hydrogens (primary N) is 1. The number of aryl methyl sites for hydroxylation is 2. The highest BCUT2D eigenvalue weighted by Gasteiger charge is 2.20. The van der Waals surface area contributed by atoms with Crippen LogP contribution in [-0.4, -0.2) is 10.8 Å². The molecule has 0 saturated heterocycles. The number of thiophene rings is 2. The molecular weight excluding hydrogens is 276 g/mol. The summed E-state index contributed by atoms with van der Waals surface area (Å²) in [6.45, 7) is 3.95. The molecule has 3 aromatic heterocycles. The van der Waals surface area contributed by atoms with Gasteiger partial charge in [0.25, 0.3) is 0 Å². The van der Waals surface area contributed by atoms with Crippen molar-refractivity contribution in [3.05, 3.63) is 44.6 Å². The van der Waals surface area contributed by atoms with Gasteiger partial charge in [0, 0.05) is 11.1 Å². The number of rotatable bonds is 2. The topological polar surface area (TPSA) is 56.0 Å². The maximum absolute atomic E-state index is 12.4. The van der Waals surface area contributed by atoms with E-state index >= 15 is 0 Å². The lowest BCUT2D eigenvalue weighted by Crippen LogP contribution is -1.99. The van der Waals surface area contributed by atoms with Crippen molar-refractivity contribution in [2.45, 2.75) is 13.8 Å². The van der Waals surface area contributed by atoms with Gasteiger partial charge in [0.05, 0.1) is 10.6 Å². The van der Waals surface area contributed by atoms with Crippen LogP contribution in [0.15, 0.2) is 23.6 Å². The van der Waals surface area contributed by atoms with Crippen LogP contribution in [-0.2, 0) is 0 Å². The van der Waals surface area contributed by atoms with Crippen molar-refractivity contribution >= 4 is 44.4 Å². The fourth-order valence-electron chi connectivity index (χ4n) is 2.16. The summed E-state index contributed by atoms with van der Waals surface area (Å²) < 4.78 is 0. The molecule has 2 N–H and O–H groups in total. The van der Waals surface area contributed by atoms with E-state index in [1.54, 1.807) is 0 Å². The van der Waals surface area contributed by atoms with Crippen LogP contribution in [0.2, 0.25) is 0 Å². The van der Waals surface area contributed by atoms with Gasteiger partial charge in [-0.2, -0.15) is 0 Å². The third-order valence-corrected chi connectivity index (χ3v) is 4.94. The van der Waals surface area contributed by atoms with E-state index in [4.69, 9.17) is 5.73 Å². The molecule has 0 aliphatic carbocycles. The molecule has 19 heavy (non-hydrogen) atoms. The van der Waals surface area contributed by atoms with E-state index in [2.05, 4.69) is 4.98 Å². The molecule has 0 atom stereocenters. The highest BCUT2D eigenvalue weighted by atomic mass is 32.1. The van der Waals surface area contributed by atoms with Crippen LogP contribution in [0.3, 0.4) is 0 Å². The van der Waals surface area contributed by atoms with Crippen LogP contribution in [0.1, 0.15) is 25.8 Å². The van der Waals surface area contributed by atoms with Crippen molar-refractivity contribution in [1.82, 2.24) is 4.98 Å². The maximum atomic E-state index is 12.4. The van der Waals surface area contributed by atoms with E-state index in [1.807, 2.05) is 37.4 Å². The summed E-state index contributed by atoms with van der Waals surface area (Å²) in [5.74, 6) is -0.00690. The molecule has 0 saturated carbocycles. The van der Waals surface area contributed by atoms with E-state index in [1.165, 1.54) is 22.7 Å². The van der Waals surface area contributed by atoms with Gasteiger partial charge in [-0.25, -0.2) is 4.98 Å². The average molecular weight is 288 g/mol. The summed E-state index contributed by atoms with van der Waals surface area (Å²) in [5.41, 5.74) is 8.73. The molecular formula is C14H12N2OS2. The molecule has 0 unspecified atom stereocenters. The van der Waals surface area contributed by atoms with Crippen molar-refractivity contribution in [2.75, 3.05) is 5.73 Å². The van der Waals surface area contributed by atoms with Crippen molar-refractivity contribution in [3.63, 3.8) is 0 Å². The van der Waals surface area contributed by atoms with Gasteiger partial charge in [-0.15, -0.1) is 22.7 Å². The third kappa shape index (κ3) is 1.95. The van der Waals surface area contributed by atoms with Gasteiger partial charge in [-0.3, -0.25) is 4.79 Å². The Morgan fingerprint density at radius 3 is 2.84 bits per heavy atom. The molecule has 3 nitrogen and oxygen atoms in total. The van der Waals surface area contributed by atoms with E-state index in [0.717, 1.165) is 21.5 Å². The van der Waals surface area contributed by atoms with Crippen LogP contribution in [0.4, 0.5) is 5.69 Å². The Kier molecular flexibility index (Phi) is 2.88.